The summed E-state index contributed by atoms with van der Waals surface area (Å²) in [5, 5.41) is 21.1. The Kier molecular flexibility index (Phi) is 3.57. The third-order valence-electron chi connectivity index (χ3n) is 1.67. The average molecular weight is 235 g/mol. The molecule has 1 atom stereocenters. The number of amidine groups is 1. The Morgan fingerprint density at radius 1 is 1.36 bits per heavy atom. The molecule has 14 heavy (non-hydrogen) atoms. The lowest BCUT2D eigenvalue weighted by atomic mass is 10.1. The molecule has 1 rings (SSSR count). The first-order chi connectivity index (χ1) is 6.57. The molecule has 1 aromatic carbocycles. The van der Waals surface area contributed by atoms with Gasteiger partial charge in [-0.2, -0.15) is 0 Å². The number of aliphatic hydroxyl groups is 1. The summed E-state index contributed by atoms with van der Waals surface area (Å²) in [6.45, 7) is 0. The van der Waals surface area contributed by atoms with E-state index in [1.807, 2.05) is 0 Å². The standard InChI is InChI=1S/C8H8Cl2N2O2/c9-4-2-1-3-5(10)6(4)7(13)8(11)12-14/h1-3,7,13-14H,(H2,11,12). The van der Waals surface area contributed by atoms with Crippen molar-refractivity contribution in [3.05, 3.63) is 33.8 Å². The van der Waals surface area contributed by atoms with Gasteiger partial charge in [0.15, 0.2) is 5.84 Å². The molecule has 0 aliphatic heterocycles. The molecule has 4 nitrogen and oxygen atoms in total. The van der Waals surface area contributed by atoms with Crippen molar-refractivity contribution < 1.29 is 10.3 Å². The highest BCUT2D eigenvalue weighted by molar-refractivity contribution is 6.36. The van der Waals surface area contributed by atoms with E-state index in [9.17, 15) is 5.11 Å². The van der Waals surface area contributed by atoms with Crippen LogP contribution in [0.3, 0.4) is 0 Å². The number of halogens is 2. The number of hydrogen-bond acceptors (Lipinski definition) is 3. The average Bonchev–Trinajstić information content (AvgIpc) is 2.16. The van der Waals surface area contributed by atoms with Crippen LogP contribution in [-0.2, 0) is 0 Å². The summed E-state index contributed by atoms with van der Waals surface area (Å²) in [5.41, 5.74) is 5.45. The summed E-state index contributed by atoms with van der Waals surface area (Å²) in [6, 6.07) is 4.74. The van der Waals surface area contributed by atoms with Crippen molar-refractivity contribution in [2.45, 2.75) is 6.10 Å². The zero-order chi connectivity index (χ0) is 10.7. The minimum Gasteiger partial charge on any atom is -0.409 e. The number of rotatable bonds is 2. The first-order valence-corrected chi connectivity index (χ1v) is 4.43. The molecule has 6 heteroatoms. The highest BCUT2D eigenvalue weighted by Crippen LogP contribution is 2.30. The van der Waals surface area contributed by atoms with Crippen LogP contribution in [0.25, 0.3) is 0 Å². The lowest BCUT2D eigenvalue weighted by Gasteiger charge is -2.12. The highest BCUT2D eigenvalue weighted by Gasteiger charge is 2.18. The van der Waals surface area contributed by atoms with Crippen LogP contribution in [0.1, 0.15) is 11.7 Å². The van der Waals surface area contributed by atoms with Crippen LogP contribution in [0.15, 0.2) is 23.4 Å². The first kappa shape index (κ1) is 11.1. The topological polar surface area (TPSA) is 78.8 Å². The fourth-order valence-corrected chi connectivity index (χ4v) is 1.58. The quantitative estimate of drug-likeness (QED) is 0.316. The van der Waals surface area contributed by atoms with Crippen molar-refractivity contribution in [1.82, 2.24) is 0 Å². The van der Waals surface area contributed by atoms with Crippen molar-refractivity contribution in [2.75, 3.05) is 0 Å². The van der Waals surface area contributed by atoms with Gasteiger partial charge < -0.3 is 16.0 Å². The van der Waals surface area contributed by atoms with E-state index in [4.69, 9.17) is 34.1 Å². The molecule has 0 aliphatic carbocycles. The van der Waals surface area contributed by atoms with E-state index in [0.717, 1.165) is 0 Å². The first-order valence-electron chi connectivity index (χ1n) is 3.67. The van der Waals surface area contributed by atoms with Crippen LogP contribution in [0.4, 0.5) is 0 Å². The van der Waals surface area contributed by atoms with Crippen LogP contribution in [0.5, 0.6) is 0 Å². The second-order valence-corrected chi connectivity index (χ2v) is 3.38. The fourth-order valence-electron chi connectivity index (χ4n) is 0.975. The summed E-state index contributed by atoms with van der Waals surface area (Å²) in [7, 11) is 0. The van der Waals surface area contributed by atoms with E-state index in [2.05, 4.69) is 5.16 Å². The van der Waals surface area contributed by atoms with Crippen LogP contribution >= 0.6 is 23.2 Å². The normalized spacial score (nSPS) is 14.1. The van der Waals surface area contributed by atoms with Gasteiger partial charge in [0.05, 0.1) is 0 Å². The van der Waals surface area contributed by atoms with Gasteiger partial charge in [0.1, 0.15) is 6.10 Å². The Labute approximate surface area is 90.5 Å². The molecule has 0 spiro atoms. The Balaban J connectivity index is 3.18. The van der Waals surface area contributed by atoms with Crippen molar-refractivity contribution in [3.63, 3.8) is 0 Å². The maximum atomic E-state index is 9.57. The maximum absolute atomic E-state index is 9.57. The summed E-state index contributed by atoms with van der Waals surface area (Å²) < 4.78 is 0. The third kappa shape index (κ3) is 2.09. The van der Waals surface area contributed by atoms with Crippen molar-refractivity contribution in [3.8, 4) is 0 Å². The molecule has 0 aromatic heterocycles. The predicted octanol–water partition coefficient (Wildman–Crippen LogP) is 1.77. The Bertz CT molecular complexity index is 348. The minimum atomic E-state index is -1.30. The second-order valence-electron chi connectivity index (χ2n) is 2.56. The Morgan fingerprint density at radius 3 is 2.29 bits per heavy atom. The number of hydrogen-bond donors (Lipinski definition) is 3. The molecule has 1 unspecified atom stereocenters. The molecule has 0 radical (unpaired) electrons. The monoisotopic (exact) mass is 234 g/mol. The highest BCUT2D eigenvalue weighted by atomic mass is 35.5. The number of aliphatic hydroxyl groups excluding tert-OH is 1. The van der Waals surface area contributed by atoms with Crippen LogP contribution in [-0.4, -0.2) is 16.1 Å². The number of benzene rings is 1. The summed E-state index contributed by atoms with van der Waals surface area (Å²) in [5.74, 6) is -0.361. The molecule has 76 valence electrons. The summed E-state index contributed by atoms with van der Waals surface area (Å²) in [4.78, 5) is 0. The zero-order valence-electron chi connectivity index (χ0n) is 6.98. The second kappa shape index (κ2) is 4.50. The number of nitrogens with zero attached hydrogens (tertiary/aromatic N) is 1. The van der Waals surface area contributed by atoms with Gasteiger partial charge in [-0.3, -0.25) is 0 Å². The molecule has 0 aliphatic rings. The molecule has 0 heterocycles. The number of nitrogens with two attached hydrogens (primary N) is 1. The van der Waals surface area contributed by atoms with Crippen molar-refractivity contribution in [2.24, 2.45) is 10.9 Å². The van der Waals surface area contributed by atoms with Gasteiger partial charge in [-0.25, -0.2) is 0 Å². The number of oxime groups is 1. The van der Waals surface area contributed by atoms with Crippen LogP contribution in [0.2, 0.25) is 10.0 Å². The van der Waals surface area contributed by atoms with Gasteiger partial charge in [0.25, 0.3) is 0 Å². The van der Waals surface area contributed by atoms with Gasteiger partial charge in [-0.05, 0) is 12.1 Å². The van der Waals surface area contributed by atoms with Crippen LogP contribution in [0, 0.1) is 0 Å². The third-order valence-corrected chi connectivity index (χ3v) is 2.33. The lowest BCUT2D eigenvalue weighted by Crippen LogP contribution is -2.22. The molecule has 0 saturated carbocycles. The van der Waals surface area contributed by atoms with Gasteiger partial charge in [0.2, 0.25) is 0 Å². The molecule has 0 fully saturated rings. The summed E-state index contributed by atoms with van der Waals surface area (Å²) in [6.07, 6.45) is -1.30. The van der Waals surface area contributed by atoms with Crippen LogP contribution < -0.4 is 5.73 Å². The molecule has 4 N–H and O–H groups in total. The zero-order valence-corrected chi connectivity index (χ0v) is 8.50. The molecular formula is C8H8Cl2N2O2. The largest absolute Gasteiger partial charge is 0.409 e. The van der Waals surface area contributed by atoms with Gasteiger partial charge in [0, 0.05) is 15.6 Å². The van der Waals surface area contributed by atoms with E-state index in [0.29, 0.717) is 0 Å². The SMILES string of the molecule is N/C(=N/O)C(O)c1c(Cl)cccc1Cl. The molecule has 1 aromatic rings. The molecule has 0 bridgehead atoms. The van der Waals surface area contributed by atoms with E-state index in [1.165, 1.54) is 0 Å². The van der Waals surface area contributed by atoms with Crippen molar-refractivity contribution >= 4 is 29.0 Å². The van der Waals surface area contributed by atoms with E-state index in [1.54, 1.807) is 18.2 Å². The van der Waals surface area contributed by atoms with Crippen molar-refractivity contribution in [1.29, 1.82) is 0 Å². The van der Waals surface area contributed by atoms with Gasteiger partial charge in [-0.1, -0.05) is 34.4 Å². The summed E-state index contributed by atoms with van der Waals surface area (Å²) >= 11 is 11.6. The lowest BCUT2D eigenvalue weighted by molar-refractivity contribution is 0.233. The smallest absolute Gasteiger partial charge is 0.172 e. The van der Waals surface area contributed by atoms with E-state index >= 15 is 0 Å². The fraction of sp³-hybridized carbons (Fsp3) is 0.125. The molecule has 0 saturated heterocycles. The van der Waals surface area contributed by atoms with E-state index in [-0.39, 0.29) is 21.4 Å². The minimum absolute atomic E-state index is 0.228. The maximum Gasteiger partial charge on any atom is 0.172 e. The molecular weight excluding hydrogens is 227 g/mol. The van der Waals surface area contributed by atoms with Gasteiger partial charge >= 0.3 is 0 Å². The van der Waals surface area contributed by atoms with Gasteiger partial charge in [-0.15, -0.1) is 0 Å². The Hall–Kier alpha value is -0.970. The van der Waals surface area contributed by atoms with E-state index < -0.39 is 6.10 Å². The predicted molar refractivity (Wildman–Crippen MR) is 54.8 cm³/mol. The molecule has 0 amide bonds. The Morgan fingerprint density at radius 2 is 1.86 bits per heavy atom.